The maximum Gasteiger partial charge on any atom is 0.418 e. The molecule has 1 amide bonds. The van der Waals surface area contributed by atoms with E-state index in [4.69, 9.17) is 4.74 Å². The highest BCUT2D eigenvalue weighted by molar-refractivity contribution is 7.99. The van der Waals surface area contributed by atoms with Gasteiger partial charge in [-0.15, -0.1) is 10.2 Å². The smallest absolute Gasteiger partial charge is 0.418 e. The zero-order valence-corrected chi connectivity index (χ0v) is 17.9. The minimum atomic E-state index is -4.55. The van der Waals surface area contributed by atoms with Crippen LogP contribution in [0.5, 0.6) is 5.75 Å². The standard InChI is InChI=1S/C21H21F3N4O2S/c1-13-8-4-7-11-17(13)30-14(2)19-26-27-20(28(19)3)31-12-18(29)25-16-10-6-5-9-15(16)21(22,23)24/h4-11,14H,12H2,1-3H3,(H,25,29). The van der Waals surface area contributed by atoms with E-state index in [1.807, 2.05) is 38.1 Å². The molecule has 0 aliphatic heterocycles. The number of rotatable bonds is 7. The largest absolute Gasteiger partial charge is 0.482 e. The molecule has 6 nitrogen and oxygen atoms in total. The number of amides is 1. The van der Waals surface area contributed by atoms with E-state index in [1.54, 1.807) is 11.6 Å². The lowest BCUT2D eigenvalue weighted by Gasteiger charge is -2.16. The number of anilines is 1. The number of thioether (sulfide) groups is 1. The molecule has 3 aromatic rings. The molecule has 1 N–H and O–H groups in total. The van der Waals surface area contributed by atoms with Crippen LogP contribution in [-0.2, 0) is 18.0 Å². The van der Waals surface area contributed by atoms with Crippen molar-refractivity contribution in [2.45, 2.75) is 31.3 Å². The number of carbonyl (C=O) groups is 1. The van der Waals surface area contributed by atoms with Gasteiger partial charge in [0.2, 0.25) is 5.91 Å². The Morgan fingerprint density at radius 1 is 1.16 bits per heavy atom. The van der Waals surface area contributed by atoms with Crippen molar-refractivity contribution in [1.29, 1.82) is 0 Å². The van der Waals surface area contributed by atoms with Gasteiger partial charge in [0, 0.05) is 7.05 Å². The van der Waals surface area contributed by atoms with Crippen LogP contribution in [0, 0.1) is 6.92 Å². The Kier molecular flexibility index (Phi) is 6.89. The molecule has 164 valence electrons. The predicted molar refractivity (Wildman–Crippen MR) is 112 cm³/mol. The van der Waals surface area contributed by atoms with Gasteiger partial charge in [-0.3, -0.25) is 4.79 Å². The summed E-state index contributed by atoms with van der Waals surface area (Å²) < 4.78 is 46.9. The minimum Gasteiger partial charge on any atom is -0.482 e. The Hall–Kier alpha value is -3.01. The first-order valence-corrected chi connectivity index (χ1v) is 10.4. The van der Waals surface area contributed by atoms with Gasteiger partial charge in [-0.2, -0.15) is 13.2 Å². The van der Waals surface area contributed by atoms with Gasteiger partial charge in [-0.05, 0) is 37.6 Å². The van der Waals surface area contributed by atoms with Gasteiger partial charge in [0.25, 0.3) is 0 Å². The normalized spacial score (nSPS) is 12.5. The van der Waals surface area contributed by atoms with Crippen molar-refractivity contribution in [3.05, 3.63) is 65.5 Å². The molecule has 0 bridgehead atoms. The van der Waals surface area contributed by atoms with Gasteiger partial charge >= 0.3 is 6.18 Å². The van der Waals surface area contributed by atoms with E-state index >= 15 is 0 Å². The van der Waals surface area contributed by atoms with Crippen molar-refractivity contribution in [3.63, 3.8) is 0 Å². The number of nitrogens with zero attached hydrogens (tertiary/aromatic N) is 3. The van der Waals surface area contributed by atoms with E-state index in [0.29, 0.717) is 11.0 Å². The van der Waals surface area contributed by atoms with Gasteiger partial charge in [0.05, 0.1) is 17.0 Å². The molecule has 0 aliphatic carbocycles. The number of aryl methyl sites for hydroxylation is 1. The van der Waals surface area contributed by atoms with E-state index in [-0.39, 0.29) is 17.5 Å². The molecule has 1 aromatic heterocycles. The predicted octanol–water partition coefficient (Wildman–Crippen LogP) is 5.01. The van der Waals surface area contributed by atoms with Gasteiger partial charge in [-0.25, -0.2) is 0 Å². The second-order valence-electron chi connectivity index (χ2n) is 6.81. The Labute approximate surface area is 181 Å². The first-order chi connectivity index (χ1) is 14.7. The fraction of sp³-hybridized carbons (Fsp3) is 0.286. The highest BCUT2D eigenvalue weighted by Gasteiger charge is 2.33. The average molecular weight is 450 g/mol. The Morgan fingerprint density at radius 2 is 1.84 bits per heavy atom. The molecule has 0 radical (unpaired) electrons. The molecule has 31 heavy (non-hydrogen) atoms. The molecule has 3 rings (SSSR count). The number of nitrogens with one attached hydrogen (secondary N) is 1. The summed E-state index contributed by atoms with van der Waals surface area (Å²) in [6.45, 7) is 3.78. The number of alkyl halides is 3. The molecule has 2 aromatic carbocycles. The summed E-state index contributed by atoms with van der Waals surface area (Å²) in [5, 5.41) is 11.0. The van der Waals surface area contributed by atoms with Crippen LogP contribution >= 0.6 is 11.8 Å². The van der Waals surface area contributed by atoms with Crippen molar-refractivity contribution >= 4 is 23.4 Å². The lowest BCUT2D eigenvalue weighted by molar-refractivity contribution is -0.137. The van der Waals surface area contributed by atoms with Crippen LogP contribution in [0.25, 0.3) is 0 Å². The van der Waals surface area contributed by atoms with Crippen LogP contribution < -0.4 is 10.1 Å². The number of benzene rings is 2. The lowest BCUT2D eigenvalue weighted by atomic mass is 10.1. The Bertz CT molecular complexity index is 1070. The molecule has 10 heteroatoms. The van der Waals surface area contributed by atoms with Gasteiger partial charge in [0.15, 0.2) is 17.1 Å². The van der Waals surface area contributed by atoms with Gasteiger partial charge in [0.1, 0.15) is 5.75 Å². The molecule has 0 fully saturated rings. The average Bonchev–Trinajstić information content (AvgIpc) is 3.08. The molecule has 1 unspecified atom stereocenters. The maximum atomic E-state index is 13.1. The summed E-state index contributed by atoms with van der Waals surface area (Å²) >= 11 is 1.08. The molecular formula is C21H21F3N4O2S. The zero-order chi connectivity index (χ0) is 22.6. The third-order valence-corrected chi connectivity index (χ3v) is 5.49. The highest BCUT2D eigenvalue weighted by atomic mass is 32.2. The fourth-order valence-corrected chi connectivity index (χ4v) is 3.61. The maximum absolute atomic E-state index is 13.1. The molecule has 0 saturated heterocycles. The quantitative estimate of drug-likeness (QED) is 0.513. The van der Waals surface area contributed by atoms with Crippen molar-refractivity contribution in [2.75, 3.05) is 11.1 Å². The van der Waals surface area contributed by atoms with Crippen LogP contribution in [0.2, 0.25) is 0 Å². The fourth-order valence-electron chi connectivity index (χ4n) is 2.89. The second-order valence-corrected chi connectivity index (χ2v) is 7.75. The minimum absolute atomic E-state index is 0.120. The van der Waals surface area contributed by atoms with Crippen LogP contribution in [0.4, 0.5) is 18.9 Å². The molecule has 0 spiro atoms. The van der Waals surface area contributed by atoms with Gasteiger partial charge < -0.3 is 14.6 Å². The monoisotopic (exact) mass is 450 g/mol. The summed E-state index contributed by atoms with van der Waals surface area (Å²) in [6, 6.07) is 12.4. The third-order valence-electron chi connectivity index (χ3n) is 4.47. The van der Waals surface area contributed by atoms with E-state index in [2.05, 4.69) is 15.5 Å². The lowest BCUT2D eigenvalue weighted by Crippen LogP contribution is -2.18. The van der Waals surface area contributed by atoms with Crippen LogP contribution in [0.3, 0.4) is 0 Å². The number of ether oxygens (including phenoxy) is 1. The van der Waals surface area contributed by atoms with Gasteiger partial charge in [-0.1, -0.05) is 42.1 Å². The molecule has 1 heterocycles. The summed E-state index contributed by atoms with van der Waals surface area (Å²) in [4.78, 5) is 12.2. The topological polar surface area (TPSA) is 69.0 Å². The highest BCUT2D eigenvalue weighted by Crippen LogP contribution is 2.34. The zero-order valence-electron chi connectivity index (χ0n) is 17.1. The van der Waals surface area contributed by atoms with E-state index < -0.39 is 17.6 Å². The number of carbonyl (C=O) groups excluding carboxylic acids is 1. The number of hydrogen-bond donors (Lipinski definition) is 1. The van der Waals surface area contributed by atoms with Crippen LogP contribution in [-0.4, -0.2) is 26.4 Å². The number of para-hydroxylation sites is 2. The van der Waals surface area contributed by atoms with E-state index in [0.717, 1.165) is 29.1 Å². The Morgan fingerprint density at radius 3 is 2.55 bits per heavy atom. The molecule has 0 saturated carbocycles. The summed E-state index contributed by atoms with van der Waals surface area (Å²) in [7, 11) is 1.74. The van der Waals surface area contributed by atoms with Crippen molar-refractivity contribution in [3.8, 4) is 5.75 Å². The van der Waals surface area contributed by atoms with Crippen LogP contribution in [0.1, 0.15) is 30.0 Å². The SMILES string of the molecule is Cc1ccccc1OC(C)c1nnc(SCC(=O)Nc2ccccc2C(F)(F)F)n1C. The third kappa shape index (κ3) is 5.57. The van der Waals surface area contributed by atoms with E-state index in [1.165, 1.54) is 18.2 Å². The van der Waals surface area contributed by atoms with Crippen molar-refractivity contribution < 1.29 is 22.7 Å². The number of hydrogen-bond acceptors (Lipinski definition) is 5. The molecular weight excluding hydrogens is 429 g/mol. The van der Waals surface area contributed by atoms with E-state index in [9.17, 15) is 18.0 Å². The van der Waals surface area contributed by atoms with Crippen molar-refractivity contribution in [1.82, 2.24) is 14.8 Å². The summed E-state index contributed by atoms with van der Waals surface area (Å²) in [5.74, 6) is 0.601. The second kappa shape index (κ2) is 9.42. The van der Waals surface area contributed by atoms with Crippen LogP contribution in [0.15, 0.2) is 53.7 Å². The first kappa shape index (κ1) is 22.7. The number of aromatic nitrogens is 3. The van der Waals surface area contributed by atoms with Crippen molar-refractivity contribution in [2.24, 2.45) is 7.05 Å². The first-order valence-electron chi connectivity index (χ1n) is 9.37. The molecule has 0 aliphatic rings. The molecule has 1 atom stereocenters. The Balaban J connectivity index is 1.63. The summed E-state index contributed by atoms with van der Waals surface area (Å²) in [5.41, 5.74) is -0.182. The number of halogens is 3. The summed E-state index contributed by atoms with van der Waals surface area (Å²) in [6.07, 6.45) is -4.94.